The lowest BCUT2D eigenvalue weighted by Gasteiger charge is -2.35. The minimum Gasteiger partial charge on any atom is -0.497 e. The van der Waals surface area contributed by atoms with E-state index in [2.05, 4.69) is 24.1 Å². The van der Waals surface area contributed by atoms with Gasteiger partial charge >= 0.3 is 0 Å². The third-order valence-electron chi connectivity index (χ3n) is 4.55. The first-order valence-electron chi connectivity index (χ1n) is 8.28. The van der Waals surface area contributed by atoms with Crippen molar-refractivity contribution in [1.82, 2.24) is 10.2 Å². The summed E-state index contributed by atoms with van der Waals surface area (Å²) < 4.78 is 5.15. The number of hydrogen-bond donors (Lipinski definition) is 1. The van der Waals surface area contributed by atoms with Gasteiger partial charge in [0, 0.05) is 18.2 Å². The molecular weight excluding hydrogens is 288 g/mol. The summed E-state index contributed by atoms with van der Waals surface area (Å²) in [6, 6.07) is 7.74. The summed E-state index contributed by atoms with van der Waals surface area (Å²) in [5.74, 6) is 0.781. The third kappa shape index (κ3) is 4.83. The predicted molar refractivity (Wildman–Crippen MR) is 94.5 cm³/mol. The monoisotopic (exact) mass is 316 g/mol. The standard InChI is InChI=1S/C19H28N2O2/c1-15(16-7-9-17(23-4)10-8-16)13-18(22)20-14-19(2,3)21-11-5-6-12-21/h7-10,13H,5-6,11-12,14H2,1-4H3,(H,20,22)/b15-13+. The molecule has 4 heteroatoms. The van der Waals surface area contributed by atoms with E-state index < -0.39 is 0 Å². The summed E-state index contributed by atoms with van der Waals surface area (Å²) >= 11 is 0. The van der Waals surface area contributed by atoms with Gasteiger partial charge in [-0.15, -0.1) is 0 Å². The Labute approximate surface area is 139 Å². The van der Waals surface area contributed by atoms with Crippen LogP contribution in [0.1, 0.15) is 39.2 Å². The SMILES string of the molecule is COc1ccc(/C(C)=C/C(=O)NCC(C)(C)N2CCCC2)cc1. The van der Waals surface area contributed by atoms with Crippen LogP contribution in [0.3, 0.4) is 0 Å². The second kappa shape index (κ2) is 7.64. The van der Waals surface area contributed by atoms with Crippen LogP contribution < -0.4 is 10.1 Å². The Morgan fingerprint density at radius 1 is 1.26 bits per heavy atom. The number of carbonyl (C=O) groups excluding carboxylic acids is 1. The number of ether oxygens (including phenoxy) is 1. The molecule has 0 radical (unpaired) electrons. The number of amides is 1. The average Bonchev–Trinajstić information content (AvgIpc) is 3.08. The summed E-state index contributed by atoms with van der Waals surface area (Å²) in [6.45, 7) is 9.26. The topological polar surface area (TPSA) is 41.6 Å². The van der Waals surface area contributed by atoms with Crippen LogP contribution in [0.2, 0.25) is 0 Å². The van der Waals surface area contributed by atoms with Gasteiger partial charge in [0.2, 0.25) is 5.91 Å². The number of benzene rings is 1. The molecule has 1 aromatic carbocycles. The minimum absolute atomic E-state index is 0.00795. The van der Waals surface area contributed by atoms with E-state index in [9.17, 15) is 4.79 Å². The molecule has 126 valence electrons. The maximum Gasteiger partial charge on any atom is 0.244 e. The molecule has 1 aliphatic heterocycles. The minimum atomic E-state index is -0.0365. The zero-order valence-electron chi connectivity index (χ0n) is 14.7. The van der Waals surface area contributed by atoms with Crippen LogP contribution >= 0.6 is 0 Å². The lowest BCUT2D eigenvalue weighted by molar-refractivity contribution is -0.117. The van der Waals surface area contributed by atoms with Gasteiger partial charge < -0.3 is 10.1 Å². The van der Waals surface area contributed by atoms with Gasteiger partial charge in [-0.3, -0.25) is 9.69 Å². The molecule has 1 aliphatic rings. The highest BCUT2D eigenvalue weighted by Gasteiger charge is 2.28. The van der Waals surface area contributed by atoms with Crippen molar-refractivity contribution in [1.29, 1.82) is 0 Å². The highest BCUT2D eigenvalue weighted by Crippen LogP contribution is 2.20. The fraction of sp³-hybridized carbons (Fsp3) is 0.526. The lowest BCUT2D eigenvalue weighted by atomic mass is 10.0. The summed E-state index contributed by atoms with van der Waals surface area (Å²) in [6.07, 6.45) is 4.18. The van der Waals surface area contributed by atoms with Gasteiger partial charge in [0.05, 0.1) is 7.11 Å². The molecule has 2 rings (SSSR count). The van der Waals surface area contributed by atoms with Crippen molar-refractivity contribution < 1.29 is 9.53 Å². The van der Waals surface area contributed by atoms with Gasteiger partial charge in [-0.1, -0.05) is 12.1 Å². The van der Waals surface area contributed by atoms with Crippen LogP contribution in [0.25, 0.3) is 5.57 Å². The van der Waals surface area contributed by atoms with Crippen molar-refractivity contribution in [3.05, 3.63) is 35.9 Å². The normalized spacial score (nSPS) is 16.4. The van der Waals surface area contributed by atoms with E-state index in [0.29, 0.717) is 6.54 Å². The summed E-state index contributed by atoms with van der Waals surface area (Å²) in [5, 5.41) is 3.04. The first-order valence-corrected chi connectivity index (χ1v) is 8.28. The van der Waals surface area contributed by atoms with Crippen molar-refractivity contribution in [3.63, 3.8) is 0 Å². The molecule has 1 saturated heterocycles. The molecule has 4 nitrogen and oxygen atoms in total. The van der Waals surface area contributed by atoms with Gasteiger partial charge in [0.25, 0.3) is 0 Å². The van der Waals surface area contributed by atoms with Crippen molar-refractivity contribution in [2.24, 2.45) is 0 Å². The van der Waals surface area contributed by atoms with Crippen molar-refractivity contribution in [3.8, 4) is 5.75 Å². The summed E-state index contributed by atoms with van der Waals surface area (Å²) in [4.78, 5) is 14.6. The van der Waals surface area contributed by atoms with E-state index in [-0.39, 0.29) is 11.4 Å². The fourth-order valence-electron chi connectivity index (χ4n) is 2.92. The predicted octanol–water partition coefficient (Wildman–Crippen LogP) is 3.09. The molecule has 1 N–H and O–H groups in total. The van der Waals surface area contributed by atoms with Crippen molar-refractivity contribution >= 4 is 11.5 Å². The Hall–Kier alpha value is -1.81. The van der Waals surface area contributed by atoms with Gasteiger partial charge in [-0.2, -0.15) is 0 Å². The summed E-state index contributed by atoms with van der Waals surface area (Å²) in [5.41, 5.74) is 1.98. The summed E-state index contributed by atoms with van der Waals surface area (Å²) in [7, 11) is 1.65. The lowest BCUT2D eigenvalue weighted by Crippen LogP contribution is -2.50. The average molecular weight is 316 g/mol. The third-order valence-corrected chi connectivity index (χ3v) is 4.55. The highest BCUT2D eigenvalue weighted by molar-refractivity contribution is 5.94. The van der Waals surface area contributed by atoms with Crippen molar-refractivity contribution in [2.75, 3.05) is 26.7 Å². The highest BCUT2D eigenvalue weighted by atomic mass is 16.5. The molecule has 0 spiro atoms. The first kappa shape index (κ1) is 17.5. The van der Waals surface area contributed by atoms with E-state index in [1.54, 1.807) is 13.2 Å². The van der Waals surface area contributed by atoms with Gasteiger partial charge in [0.15, 0.2) is 0 Å². The quantitative estimate of drug-likeness (QED) is 0.820. The molecule has 1 amide bonds. The van der Waals surface area contributed by atoms with Gasteiger partial charge in [-0.05, 0) is 70.0 Å². The Balaban J connectivity index is 1.91. The number of carbonyl (C=O) groups is 1. The second-order valence-corrected chi connectivity index (χ2v) is 6.78. The second-order valence-electron chi connectivity index (χ2n) is 6.78. The molecule has 0 unspecified atom stereocenters. The molecule has 0 atom stereocenters. The fourth-order valence-corrected chi connectivity index (χ4v) is 2.92. The maximum atomic E-state index is 12.2. The molecule has 0 saturated carbocycles. The number of methoxy groups -OCH3 is 1. The van der Waals surface area contributed by atoms with E-state index in [0.717, 1.165) is 30.0 Å². The largest absolute Gasteiger partial charge is 0.497 e. The maximum absolute atomic E-state index is 12.2. The van der Waals surface area contributed by atoms with Crippen LogP contribution in [0, 0.1) is 0 Å². The number of hydrogen-bond acceptors (Lipinski definition) is 3. The Morgan fingerprint density at radius 2 is 1.87 bits per heavy atom. The number of likely N-dealkylation sites (tertiary alicyclic amines) is 1. The molecule has 0 aromatic heterocycles. The van der Waals surface area contributed by atoms with E-state index in [4.69, 9.17) is 4.74 Å². The van der Waals surface area contributed by atoms with E-state index in [1.165, 1.54) is 12.8 Å². The number of rotatable bonds is 6. The molecule has 23 heavy (non-hydrogen) atoms. The van der Waals surface area contributed by atoms with Crippen molar-refractivity contribution in [2.45, 2.75) is 39.2 Å². The first-order chi connectivity index (χ1) is 10.9. The molecule has 1 aromatic rings. The van der Waals surface area contributed by atoms with Crippen LogP contribution in [-0.4, -0.2) is 43.1 Å². The molecule has 1 heterocycles. The Morgan fingerprint density at radius 3 is 2.43 bits per heavy atom. The number of nitrogens with one attached hydrogen (secondary N) is 1. The Kier molecular flexibility index (Phi) is 5.83. The number of nitrogens with zero attached hydrogens (tertiary/aromatic N) is 1. The zero-order chi connectivity index (χ0) is 16.9. The van der Waals surface area contributed by atoms with E-state index >= 15 is 0 Å². The molecular formula is C19H28N2O2. The van der Waals surface area contributed by atoms with E-state index in [1.807, 2.05) is 31.2 Å². The van der Waals surface area contributed by atoms with Crippen LogP contribution in [-0.2, 0) is 4.79 Å². The molecule has 1 fully saturated rings. The Bertz CT molecular complexity index is 555. The molecule has 0 bridgehead atoms. The van der Waals surface area contributed by atoms with Crippen LogP contribution in [0.15, 0.2) is 30.3 Å². The van der Waals surface area contributed by atoms with Gasteiger partial charge in [-0.25, -0.2) is 0 Å². The van der Waals surface area contributed by atoms with Crippen LogP contribution in [0.5, 0.6) is 5.75 Å². The van der Waals surface area contributed by atoms with Gasteiger partial charge in [0.1, 0.15) is 5.75 Å². The number of allylic oxidation sites excluding steroid dienone is 1. The smallest absolute Gasteiger partial charge is 0.244 e. The molecule has 0 aliphatic carbocycles. The van der Waals surface area contributed by atoms with Crippen LogP contribution in [0.4, 0.5) is 0 Å². The zero-order valence-corrected chi connectivity index (χ0v) is 14.7.